The number of nitrogens with one attached hydrogen (secondary N) is 2. The van der Waals surface area contributed by atoms with Crippen LogP contribution in [0.25, 0.3) is 0 Å². The summed E-state index contributed by atoms with van der Waals surface area (Å²) in [6, 6.07) is 3.12. The summed E-state index contributed by atoms with van der Waals surface area (Å²) < 4.78 is 25.7. The lowest BCUT2D eigenvalue weighted by Gasteiger charge is -2.05. The van der Waals surface area contributed by atoms with Crippen molar-refractivity contribution in [1.29, 1.82) is 0 Å². The first-order chi connectivity index (χ1) is 8.06. The molecule has 0 saturated carbocycles. The molecule has 17 heavy (non-hydrogen) atoms. The summed E-state index contributed by atoms with van der Waals surface area (Å²) in [6.45, 7) is 0.683. The van der Waals surface area contributed by atoms with Crippen LogP contribution < -0.4 is 15.8 Å². The molecule has 1 aromatic heterocycles. The maximum atomic E-state index is 11.6. The first-order valence-corrected chi connectivity index (χ1v) is 7.42. The molecule has 8 heteroatoms. The minimum absolute atomic E-state index is 0.201. The molecule has 0 aliphatic rings. The molecule has 0 bridgehead atoms. The average Bonchev–Trinajstić information content (AvgIpc) is 2.81. The first kappa shape index (κ1) is 14.1. The van der Waals surface area contributed by atoms with Crippen LogP contribution in [0.3, 0.4) is 0 Å². The zero-order valence-corrected chi connectivity index (χ0v) is 10.8. The van der Waals surface area contributed by atoms with Crippen LogP contribution in [0, 0.1) is 0 Å². The van der Waals surface area contributed by atoms with E-state index in [0.717, 1.165) is 11.3 Å². The number of hydrogen-bond donors (Lipinski definition) is 3. The third-order valence-electron chi connectivity index (χ3n) is 1.89. The molecule has 1 heterocycles. The Labute approximate surface area is 104 Å². The summed E-state index contributed by atoms with van der Waals surface area (Å²) >= 11 is 1.10. The lowest BCUT2D eigenvalue weighted by Crippen LogP contribution is -2.37. The number of sulfonamides is 1. The summed E-state index contributed by atoms with van der Waals surface area (Å²) in [6.07, 6.45) is 0.670. The quantitative estimate of drug-likeness (QED) is 0.584. The van der Waals surface area contributed by atoms with Gasteiger partial charge in [0.25, 0.3) is 10.0 Å². The van der Waals surface area contributed by atoms with E-state index in [1.807, 2.05) is 0 Å². The van der Waals surface area contributed by atoms with Crippen LogP contribution in [0.15, 0.2) is 21.7 Å². The highest BCUT2D eigenvalue weighted by Crippen LogP contribution is 2.14. The Balaban J connectivity index is 2.38. The van der Waals surface area contributed by atoms with Crippen molar-refractivity contribution in [3.63, 3.8) is 0 Å². The third-order valence-corrected chi connectivity index (χ3v) is 4.68. The number of carbonyl (C=O) groups excluding carboxylic acids is 1. The number of carbonyl (C=O) groups is 1. The molecular weight excluding hydrogens is 262 g/mol. The SMILES string of the molecule is NCCCNC(=O)CNS(=O)(=O)c1cccs1. The fraction of sp³-hybridized carbons (Fsp3) is 0.444. The van der Waals surface area contributed by atoms with Crippen molar-refractivity contribution in [3.05, 3.63) is 17.5 Å². The van der Waals surface area contributed by atoms with Crippen molar-refractivity contribution < 1.29 is 13.2 Å². The Morgan fingerprint density at radius 1 is 1.47 bits per heavy atom. The molecule has 0 radical (unpaired) electrons. The van der Waals surface area contributed by atoms with Gasteiger partial charge in [0.15, 0.2) is 0 Å². The molecule has 4 N–H and O–H groups in total. The van der Waals surface area contributed by atoms with Crippen LogP contribution in [0.1, 0.15) is 6.42 Å². The van der Waals surface area contributed by atoms with Crippen LogP contribution in [-0.2, 0) is 14.8 Å². The fourth-order valence-corrected chi connectivity index (χ4v) is 3.06. The van der Waals surface area contributed by atoms with Crippen molar-refractivity contribution in [1.82, 2.24) is 10.0 Å². The van der Waals surface area contributed by atoms with Crippen molar-refractivity contribution >= 4 is 27.3 Å². The topological polar surface area (TPSA) is 101 Å². The monoisotopic (exact) mass is 277 g/mol. The second-order valence-electron chi connectivity index (χ2n) is 3.25. The van der Waals surface area contributed by atoms with E-state index in [1.165, 1.54) is 6.07 Å². The largest absolute Gasteiger partial charge is 0.355 e. The molecule has 0 spiro atoms. The van der Waals surface area contributed by atoms with Gasteiger partial charge in [-0.2, -0.15) is 0 Å². The van der Waals surface area contributed by atoms with Crippen molar-refractivity contribution in [2.24, 2.45) is 5.73 Å². The van der Waals surface area contributed by atoms with E-state index in [0.29, 0.717) is 19.5 Å². The van der Waals surface area contributed by atoms with Crippen molar-refractivity contribution in [2.75, 3.05) is 19.6 Å². The number of rotatable bonds is 7. The number of amides is 1. The highest BCUT2D eigenvalue weighted by molar-refractivity contribution is 7.91. The molecule has 0 unspecified atom stereocenters. The van der Waals surface area contributed by atoms with E-state index < -0.39 is 10.0 Å². The molecule has 1 rings (SSSR count). The maximum Gasteiger partial charge on any atom is 0.250 e. The van der Waals surface area contributed by atoms with Gasteiger partial charge in [-0.15, -0.1) is 11.3 Å². The van der Waals surface area contributed by atoms with Gasteiger partial charge in [0.2, 0.25) is 5.91 Å². The molecule has 0 aromatic carbocycles. The van der Waals surface area contributed by atoms with E-state index in [1.54, 1.807) is 11.4 Å². The molecule has 0 saturated heterocycles. The number of nitrogens with two attached hydrogens (primary N) is 1. The fourth-order valence-electron chi connectivity index (χ4n) is 1.04. The van der Waals surface area contributed by atoms with Crippen LogP contribution in [0.4, 0.5) is 0 Å². The molecule has 0 fully saturated rings. The Hall–Kier alpha value is -0.960. The van der Waals surface area contributed by atoms with E-state index >= 15 is 0 Å². The summed E-state index contributed by atoms with van der Waals surface area (Å²) in [4.78, 5) is 11.3. The predicted molar refractivity (Wildman–Crippen MR) is 66.2 cm³/mol. The Bertz CT molecular complexity index is 442. The van der Waals surface area contributed by atoms with Gasteiger partial charge in [-0.1, -0.05) is 6.07 Å². The average molecular weight is 277 g/mol. The molecular formula is C9H15N3O3S2. The molecule has 0 aliphatic carbocycles. The third kappa shape index (κ3) is 4.82. The van der Waals surface area contributed by atoms with E-state index in [-0.39, 0.29) is 16.7 Å². The van der Waals surface area contributed by atoms with Gasteiger partial charge in [-0.25, -0.2) is 13.1 Å². The first-order valence-electron chi connectivity index (χ1n) is 5.06. The normalized spacial score (nSPS) is 11.4. The highest BCUT2D eigenvalue weighted by atomic mass is 32.2. The minimum atomic E-state index is -3.56. The van der Waals surface area contributed by atoms with Gasteiger partial charge in [-0.05, 0) is 24.4 Å². The van der Waals surface area contributed by atoms with Gasteiger partial charge >= 0.3 is 0 Å². The second-order valence-corrected chi connectivity index (χ2v) is 6.19. The summed E-state index contributed by atoms with van der Waals surface area (Å²) in [5.41, 5.74) is 5.26. The second kappa shape index (κ2) is 6.70. The van der Waals surface area contributed by atoms with Gasteiger partial charge in [0.1, 0.15) is 4.21 Å². The lowest BCUT2D eigenvalue weighted by molar-refractivity contribution is -0.119. The van der Waals surface area contributed by atoms with Crippen LogP contribution >= 0.6 is 11.3 Å². The molecule has 96 valence electrons. The number of hydrogen-bond acceptors (Lipinski definition) is 5. The Morgan fingerprint density at radius 2 is 2.24 bits per heavy atom. The van der Waals surface area contributed by atoms with Crippen LogP contribution in [-0.4, -0.2) is 34.0 Å². The van der Waals surface area contributed by atoms with Crippen molar-refractivity contribution in [2.45, 2.75) is 10.6 Å². The summed E-state index contributed by atoms with van der Waals surface area (Å²) in [5, 5.41) is 4.22. The van der Waals surface area contributed by atoms with Gasteiger partial charge in [0.05, 0.1) is 6.54 Å². The predicted octanol–water partition coefficient (Wildman–Crippen LogP) is -0.509. The van der Waals surface area contributed by atoms with Gasteiger partial charge in [0, 0.05) is 6.54 Å². The van der Waals surface area contributed by atoms with E-state index in [4.69, 9.17) is 5.73 Å². The Morgan fingerprint density at radius 3 is 2.82 bits per heavy atom. The zero-order valence-electron chi connectivity index (χ0n) is 9.18. The minimum Gasteiger partial charge on any atom is -0.355 e. The van der Waals surface area contributed by atoms with Gasteiger partial charge in [-0.3, -0.25) is 4.79 Å². The van der Waals surface area contributed by atoms with Gasteiger partial charge < -0.3 is 11.1 Å². The molecule has 0 aliphatic heterocycles. The standard InChI is InChI=1S/C9H15N3O3S2/c10-4-2-5-11-8(13)7-12-17(14,15)9-3-1-6-16-9/h1,3,6,12H,2,4-5,7,10H2,(H,11,13). The van der Waals surface area contributed by atoms with Crippen LogP contribution in [0.5, 0.6) is 0 Å². The molecule has 1 aromatic rings. The van der Waals surface area contributed by atoms with E-state index in [2.05, 4.69) is 10.0 Å². The highest BCUT2D eigenvalue weighted by Gasteiger charge is 2.15. The van der Waals surface area contributed by atoms with E-state index in [9.17, 15) is 13.2 Å². The molecule has 0 atom stereocenters. The Kier molecular flexibility index (Phi) is 5.56. The molecule has 1 amide bonds. The molecule has 6 nitrogen and oxygen atoms in total. The summed E-state index contributed by atoms with van der Waals surface area (Å²) in [7, 11) is -3.56. The smallest absolute Gasteiger partial charge is 0.250 e. The number of thiophene rings is 1. The maximum absolute atomic E-state index is 11.6. The van der Waals surface area contributed by atoms with Crippen LogP contribution in [0.2, 0.25) is 0 Å². The summed E-state index contributed by atoms with van der Waals surface area (Å²) in [5.74, 6) is -0.362. The zero-order chi connectivity index (χ0) is 12.7. The lowest BCUT2D eigenvalue weighted by atomic mass is 10.4. The van der Waals surface area contributed by atoms with Crippen molar-refractivity contribution in [3.8, 4) is 0 Å².